The Morgan fingerprint density at radius 3 is 2.62 bits per heavy atom. The summed E-state index contributed by atoms with van der Waals surface area (Å²) < 4.78 is 5.63. The summed E-state index contributed by atoms with van der Waals surface area (Å²) in [5.74, 6) is 2.49. The summed E-state index contributed by atoms with van der Waals surface area (Å²) in [6.07, 6.45) is 4.12. The maximum Gasteiger partial charge on any atom is 0.0497 e. The van der Waals surface area contributed by atoms with Gasteiger partial charge >= 0.3 is 0 Å². The van der Waals surface area contributed by atoms with Crippen molar-refractivity contribution in [2.75, 3.05) is 19.8 Å². The van der Waals surface area contributed by atoms with Crippen molar-refractivity contribution in [1.29, 1.82) is 0 Å². The molecule has 2 nitrogen and oxygen atoms in total. The van der Waals surface area contributed by atoms with Gasteiger partial charge in [0.25, 0.3) is 0 Å². The van der Waals surface area contributed by atoms with Crippen molar-refractivity contribution in [1.82, 2.24) is 5.32 Å². The molecule has 3 atom stereocenters. The Hall–Kier alpha value is -0.0800. The van der Waals surface area contributed by atoms with Crippen LogP contribution in [0, 0.1) is 17.8 Å². The van der Waals surface area contributed by atoms with E-state index in [2.05, 4.69) is 33.0 Å². The van der Waals surface area contributed by atoms with Crippen LogP contribution in [0.3, 0.4) is 0 Å². The van der Waals surface area contributed by atoms with Crippen LogP contribution in [0.15, 0.2) is 0 Å². The van der Waals surface area contributed by atoms with Crippen LogP contribution in [-0.4, -0.2) is 25.8 Å². The largest absolute Gasteiger partial charge is 0.381 e. The molecule has 1 aliphatic carbocycles. The molecular formula is C14H29NO. The van der Waals surface area contributed by atoms with Crippen LogP contribution < -0.4 is 5.32 Å². The lowest BCUT2D eigenvalue weighted by Crippen LogP contribution is -2.37. The third kappa shape index (κ3) is 4.84. The molecule has 0 aromatic heterocycles. The summed E-state index contributed by atoms with van der Waals surface area (Å²) in [5.41, 5.74) is 0. The highest BCUT2D eigenvalue weighted by molar-refractivity contribution is 4.80. The number of hydrogen-bond acceptors (Lipinski definition) is 2. The molecule has 3 unspecified atom stereocenters. The first-order valence-corrected chi connectivity index (χ1v) is 6.94. The fourth-order valence-corrected chi connectivity index (χ4v) is 2.69. The van der Waals surface area contributed by atoms with Gasteiger partial charge in [-0.3, -0.25) is 0 Å². The fraction of sp³-hybridized carbons (Fsp3) is 1.00. The minimum absolute atomic E-state index is 0.604. The highest BCUT2D eigenvalue weighted by atomic mass is 16.5. The van der Waals surface area contributed by atoms with Crippen LogP contribution in [0.4, 0.5) is 0 Å². The predicted molar refractivity (Wildman–Crippen MR) is 69.6 cm³/mol. The maximum absolute atomic E-state index is 5.63. The monoisotopic (exact) mass is 227 g/mol. The van der Waals surface area contributed by atoms with E-state index in [4.69, 9.17) is 4.74 Å². The lowest BCUT2D eigenvalue weighted by molar-refractivity contribution is 0.0529. The van der Waals surface area contributed by atoms with Gasteiger partial charge in [-0.2, -0.15) is 0 Å². The summed E-state index contributed by atoms with van der Waals surface area (Å²) >= 11 is 0. The van der Waals surface area contributed by atoms with Crippen LogP contribution in [0.25, 0.3) is 0 Å². The molecule has 1 N–H and O–H groups in total. The lowest BCUT2D eigenvalue weighted by Gasteiger charge is -2.35. The molecule has 1 rings (SSSR count). The fourth-order valence-electron chi connectivity index (χ4n) is 2.69. The van der Waals surface area contributed by atoms with Crippen molar-refractivity contribution >= 4 is 0 Å². The summed E-state index contributed by atoms with van der Waals surface area (Å²) in [7, 11) is 0. The molecule has 2 heteroatoms. The highest BCUT2D eigenvalue weighted by Crippen LogP contribution is 2.33. The normalized spacial score (nSPS) is 30.9. The number of rotatable bonds is 6. The Bertz CT molecular complexity index is 182. The Morgan fingerprint density at radius 1 is 1.25 bits per heavy atom. The SMILES string of the molecule is CCOCC1CC(C)CCC1CNC(C)C. The molecule has 0 saturated heterocycles. The molecule has 0 amide bonds. The number of hydrogen-bond donors (Lipinski definition) is 1. The van der Waals surface area contributed by atoms with Gasteiger partial charge < -0.3 is 10.1 Å². The summed E-state index contributed by atoms with van der Waals surface area (Å²) in [4.78, 5) is 0. The zero-order valence-corrected chi connectivity index (χ0v) is 11.5. The highest BCUT2D eigenvalue weighted by Gasteiger charge is 2.28. The van der Waals surface area contributed by atoms with E-state index in [1.165, 1.54) is 25.8 Å². The van der Waals surface area contributed by atoms with Gasteiger partial charge in [0, 0.05) is 19.3 Å². The van der Waals surface area contributed by atoms with Gasteiger partial charge in [0.15, 0.2) is 0 Å². The average Bonchev–Trinajstić information content (AvgIpc) is 2.24. The van der Waals surface area contributed by atoms with E-state index in [0.29, 0.717) is 6.04 Å². The number of ether oxygens (including phenoxy) is 1. The second-order valence-electron chi connectivity index (χ2n) is 5.66. The molecule has 0 aromatic rings. The van der Waals surface area contributed by atoms with Crippen LogP contribution >= 0.6 is 0 Å². The first kappa shape index (κ1) is 14.0. The van der Waals surface area contributed by atoms with Gasteiger partial charge in [-0.25, -0.2) is 0 Å². The molecular weight excluding hydrogens is 198 g/mol. The standard InChI is InChI=1S/C14H29NO/c1-5-16-10-14-8-12(4)6-7-13(14)9-15-11(2)3/h11-15H,5-10H2,1-4H3. The van der Waals surface area contributed by atoms with Crippen molar-refractivity contribution in [3.63, 3.8) is 0 Å². The predicted octanol–water partition coefficient (Wildman–Crippen LogP) is 3.07. The zero-order chi connectivity index (χ0) is 12.0. The van der Waals surface area contributed by atoms with Gasteiger partial charge in [0.2, 0.25) is 0 Å². The van der Waals surface area contributed by atoms with Crippen molar-refractivity contribution in [3.8, 4) is 0 Å². The molecule has 0 aromatic carbocycles. The van der Waals surface area contributed by atoms with Gasteiger partial charge in [0.1, 0.15) is 0 Å². The van der Waals surface area contributed by atoms with E-state index in [1.54, 1.807) is 0 Å². The quantitative estimate of drug-likeness (QED) is 0.753. The Balaban J connectivity index is 2.37. The van der Waals surface area contributed by atoms with Crippen LogP contribution in [0.2, 0.25) is 0 Å². The molecule has 0 radical (unpaired) electrons. The third-order valence-electron chi connectivity index (χ3n) is 3.73. The molecule has 16 heavy (non-hydrogen) atoms. The van der Waals surface area contributed by atoms with Gasteiger partial charge in [0.05, 0.1) is 0 Å². The van der Waals surface area contributed by atoms with E-state index in [0.717, 1.165) is 31.0 Å². The van der Waals surface area contributed by atoms with E-state index < -0.39 is 0 Å². The third-order valence-corrected chi connectivity index (χ3v) is 3.73. The lowest BCUT2D eigenvalue weighted by atomic mass is 9.75. The second kappa shape index (κ2) is 7.29. The Morgan fingerprint density at radius 2 is 2.00 bits per heavy atom. The number of nitrogens with one attached hydrogen (secondary N) is 1. The van der Waals surface area contributed by atoms with E-state index >= 15 is 0 Å². The van der Waals surface area contributed by atoms with E-state index in [1.807, 2.05) is 0 Å². The van der Waals surface area contributed by atoms with Crippen LogP contribution in [-0.2, 0) is 4.74 Å². The molecule has 0 heterocycles. The van der Waals surface area contributed by atoms with Gasteiger partial charge in [-0.15, -0.1) is 0 Å². The second-order valence-corrected chi connectivity index (χ2v) is 5.66. The first-order valence-electron chi connectivity index (χ1n) is 6.94. The Labute approximate surface area is 101 Å². The summed E-state index contributed by atoms with van der Waals surface area (Å²) in [5, 5.41) is 3.58. The zero-order valence-electron chi connectivity index (χ0n) is 11.5. The molecule has 1 fully saturated rings. The molecule has 0 aliphatic heterocycles. The maximum atomic E-state index is 5.63. The van der Waals surface area contributed by atoms with Gasteiger partial charge in [-0.1, -0.05) is 27.2 Å². The molecule has 0 bridgehead atoms. The van der Waals surface area contributed by atoms with Crippen molar-refractivity contribution < 1.29 is 4.74 Å². The van der Waals surface area contributed by atoms with Crippen LogP contribution in [0.5, 0.6) is 0 Å². The average molecular weight is 227 g/mol. The van der Waals surface area contributed by atoms with Crippen molar-refractivity contribution in [3.05, 3.63) is 0 Å². The van der Waals surface area contributed by atoms with Crippen molar-refractivity contribution in [2.24, 2.45) is 17.8 Å². The summed E-state index contributed by atoms with van der Waals surface area (Å²) in [6.45, 7) is 11.9. The van der Waals surface area contributed by atoms with E-state index in [-0.39, 0.29) is 0 Å². The first-order chi connectivity index (χ1) is 7.63. The van der Waals surface area contributed by atoms with Crippen LogP contribution in [0.1, 0.15) is 47.0 Å². The minimum atomic E-state index is 0.604. The molecule has 96 valence electrons. The molecule has 0 spiro atoms. The molecule has 1 saturated carbocycles. The van der Waals surface area contributed by atoms with Crippen molar-refractivity contribution in [2.45, 2.75) is 53.0 Å². The Kier molecular flexibility index (Phi) is 6.37. The smallest absolute Gasteiger partial charge is 0.0497 e. The summed E-state index contributed by atoms with van der Waals surface area (Å²) in [6, 6.07) is 0.604. The van der Waals surface area contributed by atoms with Gasteiger partial charge in [-0.05, 0) is 44.1 Å². The minimum Gasteiger partial charge on any atom is -0.381 e. The van der Waals surface area contributed by atoms with E-state index in [9.17, 15) is 0 Å². The molecule has 1 aliphatic rings. The topological polar surface area (TPSA) is 21.3 Å².